The molecule has 1 heterocycles. The fourth-order valence-electron chi connectivity index (χ4n) is 3.04. The Morgan fingerprint density at radius 2 is 1.87 bits per heavy atom. The van der Waals surface area contributed by atoms with Gasteiger partial charge in [0.25, 0.3) is 5.91 Å². The van der Waals surface area contributed by atoms with Crippen LogP contribution in [0.3, 0.4) is 0 Å². The number of carbonyl (C=O) groups excluding carboxylic acids is 2. The Hall–Kier alpha value is -3.18. The van der Waals surface area contributed by atoms with Crippen LogP contribution >= 0.6 is 11.6 Å². The number of amides is 2. The van der Waals surface area contributed by atoms with Crippen LogP contribution < -0.4 is 14.8 Å². The minimum Gasteiger partial charge on any atom is -0.321 e. The quantitative estimate of drug-likeness (QED) is 0.516. The number of hydrogen-bond donors (Lipinski definition) is 3. The molecule has 3 N–H and O–H groups in total. The Balaban J connectivity index is 1.56. The lowest BCUT2D eigenvalue weighted by Gasteiger charge is -2.09. The van der Waals surface area contributed by atoms with Crippen molar-refractivity contribution in [3.05, 3.63) is 52.9 Å². The molecule has 0 aliphatic heterocycles. The Bertz CT molecular complexity index is 1320. The maximum Gasteiger partial charge on any atom is 0.323 e. The number of aromatic nitrogens is 2. The molecule has 0 spiro atoms. The summed E-state index contributed by atoms with van der Waals surface area (Å²) in [7, 11) is -2.52. The second-order valence-electron chi connectivity index (χ2n) is 7.13. The maximum absolute atomic E-state index is 13.3. The number of nitrogens with zero attached hydrogens (tertiary/aromatic N) is 2. The average molecular weight is 466 g/mol. The van der Waals surface area contributed by atoms with Gasteiger partial charge in [0.15, 0.2) is 0 Å². The van der Waals surface area contributed by atoms with Crippen LogP contribution in [0.4, 0.5) is 15.8 Å². The fraction of sp³-hybridized carbons (Fsp3) is 0.211. The average Bonchev–Trinajstić information content (AvgIpc) is 3.46. The van der Waals surface area contributed by atoms with E-state index in [1.54, 1.807) is 7.05 Å². The van der Waals surface area contributed by atoms with Gasteiger partial charge in [-0.3, -0.25) is 19.0 Å². The minimum atomic E-state index is -4.08. The predicted octanol–water partition coefficient (Wildman–Crippen LogP) is 2.80. The Labute approximate surface area is 181 Å². The molecule has 3 aromatic rings. The molecule has 0 saturated heterocycles. The lowest BCUT2D eigenvalue weighted by atomic mass is 10.2. The van der Waals surface area contributed by atoms with Crippen LogP contribution in [0.15, 0.2) is 36.4 Å². The molecule has 2 aromatic carbocycles. The summed E-state index contributed by atoms with van der Waals surface area (Å²) in [6.07, 6.45) is 1.35. The first-order chi connectivity index (χ1) is 14.6. The highest BCUT2D eigenvalue weighted by atomic mass is 35.5. The monoisotopic (exact) mass is 465 g/mol. The number of nitrogens with one attached hydrogen (secondary N) is 3. The van der Waals surface area contributed by atoms with E-state index < -0.39 is 27.8 Å². The lowest BCUT2D eigenvalue weighted by Crippen LogP contribution is -2.36. The smallest absolute Gasteiger partial charge is 0.321 e. The summed E-state index contributed by atoms with van der Waals surface area (Å²) in [5.74, 6) is -1.90. The van der Waals surface area contributed by atoms with Gasteiger partial charge in [0, 0.05) is 24.0 Å². The third kappa shape index (κ3) is 4.62. The van der Waals surface area contributed by atoms with E-state index in [0.29, 0.717) is 29.4 Å². The molecule has 162 valence electrons. The van der Waals surface area contributed by atoms with Crippen molar-refractivity contribution in [3.8, 4) is 0 Å². The van der Waals surface area contributed by atoms with Gasteiger partial charge in [-0.25, -0.2) is 9.11 Å². The third-order valence-electron chi connectivity index (χ3n) is 4.66. The van der Waals surface area contributed by atoms with Crippen LogP contribution in [0.1, 0.15) is 23.3 Å². The third-order valence-corrected chi connectivity index (χ3v) is 5.93. The molecule has 31 heavy (non-hydrogen) atoms. The zero-order valence-corrected chi connectivity index (χ0v) is 17.7. The summed E-state index contributed by atoms with van der Waals surface area (Å²) >= 11 is 5.74. The van der Waals surface area contributed by atoms with Gasteiger partial charge in [-0.15, -0.1) is 0 Å². The molecule has 2 amide bonds. The van der Waals surface area contributed by atoms with Crippen LogP contribution in [0, 0.1) is 11.7 Å². The van der Waals surface area contributed by atoms with Gasteiger partial charge >= 0.3 is 10.2 Å². The number of carbonyl (C=O) groups is 2. The van der Waals surface area contributed by atoms with Gasteiger partial charge in [0.1, 0.15) is 11.5 Å². The molecular formula is C19H17ClFN5O4S. The molecule has 0 radical (unpaired) electrons. The van der Waals surface area contributed by atoms with Crippen molar-refractivity contribution < 1.29 is 22.4 Å². The van der Waals surface area contributed by atoms with Gasteiger partial charge < -0.3 is 5.32 Å². The molecule has 0 bridgehead atoms. The first-order valence-electron chi connectivity index (χ1n) is 9.20. The summed E-state index contributed by atoms with van der Waals surface area (Å²) in [6, 6.07) is 8.24. The van der Waals surface area contributed by atoms with E-state index in [0.717, 1.165) is 6.07 Å². The van der Waals surface area contributed by atoms with Crippen molar-refractivity contribution >= 4 is 55.9 Å². The summed E-state index contributed by atoms with van der Waals surface area (Å²) in [5, 5.41) is 7.22. The van der Waals surface area contributed by atoms with E-state index >= 15 is 0 Å². The van der Waals surface area contributed by atoms with E-state index in [2.05, 4.69) is 15.1 Å². The summed E-state index contributed by atoms with van der Waals surface area (Å²) in [5.41, 5.74) is 1.06. The SMILES string of the molecule is Cn1nc2cc(NS(=O)(=O)NC(=O)C3CC3)ccc2c1C(=O)Nc1ccc(F)c(Cl)c1. The lowest BCUT2D eigenvalue weighted by molar-refractivity contribution is -0.120. The van der Waals surface area contributed by atoms with Crippen molar-refractivity contribution in [2.24, 2.45) is 13.0 Å². The second kappa shape index (κ2) is 7.82. The topological polar surface area (TPSA) is 122 Å². The van der Waals surface area contributed by atoms with Crippen molar-refractivity contribution in [1.82, 2.24) is 14.5 Å². The number of anilines is 2. The highest BCUT2D eigenvalue weighted by Crippen LogP contribution is 2.29. The first kappa shape index (κ1) is 21.1. The zero-order chi connectivity index (χ0) is 22.3. The van der Waals surface area contributed by atoms with Gasteiger partial charge in [-0.05, 0) is 49.2 Å². The molecule has 0 unspecified atom stereocenters. The van der Waals surface area contributed by atoms with Gasteiger partial charge in [-0.2, -0.15) is 13.5 Å². The fourth-order valence-corrected chi connectivity index (χ4v) is 4.14. The van der Waals surface area contributed by atoms with E-state index in [4.69, 9.17) is 11.6 Å². The highest BCUT2D eigenvalue weighted by Gasteiger charge is 2.32. The first-order valence-corrected chi connectivity index (χ1v) is 11.1. The van der Waals surface area contributed by atoms with Crippen LogP contribution in [-0.4, -0.2) is 30.0 Å². The predicted molar refractivity (Wildman–Crippen MR) is 113 cm³/mol. The van der Waals surface area contributed by atoms with E-state index in [1.165, 1.54) is 35.0 Å². The maximum atomic E-state index is 13.3. The Morgan fingerprint density at radius 1 is 1.16 bits per heavy atom. The minimum absolute atomic E-state index is 0.127. The normalized spacial score (nSPS) is 13.8. The van der Waals surface area contributed by atoms with Crippen LogP contribution in [0.2, 0.25) is 5.02 Å². The molecule has 1 aliphatic carbocycles. The van der Waals surface area contributed by atoms with E-state index in [9.17, 15) is 22.4 Å². The van der Waals surface area contributed by atoms with Crippen molar-refractivity contribution in [2.45, 2.75) is 12.8 Å². The Kier molecular flexibility index (Phi) is 5.31. The number of hydrogen-bond acceptors (Lipinski definition) is 5. The molecular weight excluding hydrogens is 449 g/mol. The number of benzene rings is 2. The number of rotatable bonds is 6. The number of fused-ring (bicyclic) bond motifs is 1. The Morgan fingerprint density at radius 3 is 2.55 bits per heavy atom. The molecule has 1 saturated carbocycles. The van der Waals surface area contributed by atoms with Crippen LogP contribution in [-0.2, 0) is 22.1 Å². The van der Waals surface area contributed by atoms with Crippen molar-refractivity contribution in [1.29, 1.82) is 0 Å². The van der Waals surface area contributed by atoms with Crippen molar-refractivity contribution in [3.63, 3.8) is 0 Å². The number of aryl methyl sites for hydroxylation is 1. The van der Waals surface area contributed by atoms with Gasteiger partial charge in [-0.1, -0.05) is 11.6 Å². The largest absolute Gasteiger partial charge is 0.323 e. The van der Waals surface area contributed by atoms with Crippen LogP contribution in [0.25, 0.3) is 10.9 Å². The molecule has 0 atom stereocenters. The summed E-state index contributed by atoms with van der Waals surface area (Å²) in [6.45, 7) is 0. The van der Waals surface area contributed by atoms with Crippen LogP contribution in [0.5, 0.6) is 0 Å². The zero-order valence-electron chi connectivity index (χ0n) is 16.1. The van der Waals surface area contributed by atoms with Gasteiger partial charge in [0.2, 0.25) is 5.91 Å². The summed E-state index contributed by atoms with van der Waals surface area (Å²) in [4.78, 5) is 24.5. The van der Waals surface area contributed by atoms with E-state index in [-0.39, 0.29) is 22.3 Å². The molecule has 9 nitrogen and oxygen atoms in total. The molecule has 1 fully saturated rings. The molecule has 1 aliphatic rings. The summed E-state index contributed by atoms with van der Waals surface area (Å²) < 4.78 is 43.2. The standard InChI is InChI=1S/C19H17ClFN5O4S/c1-26-17(19(28)22-11-5-7-15(21)14(20)8-11)13-6-4-12(9-16(13)23-26)24-31(29,30)25-18(27)10-2-3-10/h4-10,24H,2-3H2,1H3,(H,22,28)(H,25,27). The van der Waals surface area contributed by atoms with E-state index in [1.807, 2.05) is 4.72 Å². The second-order valence-corrected chi connectivity index (χ2v) is 8.96. The molecule has 12 heteroatoms. The highest BCUT2D eigenvalue weighted by molar-refractivity contribution is 7.91. The van der Waals surface area contributed by atoms with Gasteiger partial charge in [0.05, 0.1) is 16.2 Å². The number of halogens is 2. The molecule has 1 aromatic heterocycles. The molecule has 4 rings (SSSR count). The van der Waals surface area contributed by atoms with Crippen molar-refractivity contribution in [2.75, 3.05) is 10.0 Å².